The zero-order chi connectivity index (χ0) is 18.1. The monoisotopic (exact) mass is 386 g/mol. The number of thioether (sulfide) groups is 2. The van der Waals surface area contributed by atoms with Crippen molar-refractivity contribution < 1.29 is 9.72 Å². The molecule has 5 nitrogen and oxygen atoms in total. The summed E-state index contributed by atoms with van der Waals surface area (Å²) in [6.45, 7) is 0.561. The number of non-ortho nitro benzene ring substituents is 1. The first kappa shape index (κ1) is 17.4. The summed E-state index contributed by atoms with van der Waals surface area (Å²) in [5.41, 5.74) is 3.53. The molecule has 0 aliphatic carbocycles. The van der Waals surface area contributed by atoms with Crippen LogP contribution in [-0.4, -0.2) is 28.9 Å². The molecule has 1 fully saturated rings. The van der Waals surface area contributed by atoms with Crippen LogP contribution in [0.15, 0.2) is 42.5 Å². The predicted octanol–water partition coefficient (Wildman–Crippen LogP) is 4.67. The Morgan fingerprint density at radius 2 is 1.85 bits per heavy atom. The highest BCUT2D eigenvalue weighted by Crippen LogP contribution is 2.43. The van der Waals surface area contributed by atoms with E-state index in [0.717, 1.165) is 12.0 Å². The van der Waals surface area contributed by atoms with Crippen molar-refractivity contribution in [2.24, 2.45) is 0 Å². The van der Waals surface area contributed by atoms with Crippen molar-refractivity contribution in [3.63, 3.8) is 0 Å². The zero-order valence-electron chi connectivity index (χ0n) is 14.1. The topological polar surface area (TPSA) is 63.5 Å². The van der Waals surface area contributed by atoms with Crippen LogP contribution in [0, 0.1) is 10.1 Å². The summed E-state index contributed by atoms with van der Waals surface area (Å²) in [5.74, 6) is 2.27. The Labute approximate surface area is 160 Å². The third-order valence-corrected chi connectivity index (χ3v) is 7.69. The molecule has 1 amide bonds. The minimum Gasteiger partial charge on any atom is -0.308 e. The average Bonchev–Trinajstić information content (AvgIpc) is 3.11. The number of nitrogens with zero attached hydrogens (tertiary/aromatic N) is 2. The van der Waals surface area contributed by atoms with Gasteiger partial charge in [0.05, 0.1) is 15.2 Å². The molecular formula is C19H18N2O3S2. The van der Waals surface area contributed by atoms with Gasteiger partial charge in [-0.25, -0.2) is 0 Å². The lowest BCUT2D eigenvalue weighted by Crippen LogP contribution is -2.28. The van der Waals surface area contributed by atoms with Gasteiger partial charge >= 0.3 is 0 Å². The highest BCUT2D eigenvalue weighted by molar-refractivity contribution is 8.16. The highest BCUT2D eigenvalue weighted by atomic mass is 32.2. The fraction of sp³-hybridized carbons (Fsp3) is 0.316. The van der Waals surface area contributed by atoms with Crippen molar-refractivity contribution in [3.8, 4) is 0 Å². The van der Waals surface area contributed by atoms with Crippen LogP contribution in [0.25, 0.3) is 0 Å². The molecular weight excluding hydrogens is 368 g/mol. The number of benzene rings is 2. The van der Waals surface area contributed by atoms with E-state index in [2.05, 4.69) is 0 Å². The maximum atomic E-state index is 12.9. The number of hydrogen-bond acceptors (Lipinski definition) is 5. The van der Waals surface area contributed by atoms with Crippen LogP contribution in [-0.2, 0) is 6.42 Å². The van der Waals surface area contributed by atoms with Crippen molar-refractivity contribution >= 4 is 40.8 Å². The van der Waals surface area contributed by atoms with Crippen LogP contribution in [0.1, 0.15) is 32.5 Å². The van der Waals surface area contributed by atoms with E-state index in [-0.39, 0.29) is 11.6 Å². The molecule has 2 heterocycles. The van der Waals surface area contributed by atoms with Gasteiger partial charge in [-0.2, -0.15) is 0 Å². The molecule has 0 N–H and O–H groups in total. The van der Waals surface area contributed by atoms with E-state index in [4.69, 9.17) is 0 Å². The van der Waals surface area contributed by atoms with Gasteiger partial charge in [0.1, 0.15) is 0 Å². The molecule has 0 bridgehead atoms. The van der Waals surface area contributed by atoms with E-state index in [1.807, 2.05) is 47.8 Å². The Bertz CT molecular complexity index is 848. The number of fused-ring (bicyclic) bond motifs is 1. The fourth-order valence-corrected chi connectivity index (χ4v) is 6.21. The maximum Gasteiger partial charge on any atom is 0.271 e. The Morgan fingerprint density at radius 3 is 2.54 bits per heavy atom. The van der Waals surface area contributed by atoms with Crippen molar-refractivity contribution in [2.75, 3.05) is 23.0 Å². The van der Waals surface area contributed by atoms with Crippen LogP contribution in [0.4, 0.5) is 11.4 Å². The quantitative estimate of drug-likeness (QED) is 0.567. The lowest BCUT2D eigenvalue weighted by Gasteiger charge is -2.22. The van der Waals surface area contributed by atoms with Crippen LogP contribution in [0.5, 0.6) is 0 Å². The van der Waals surface area contributed by atoms with Crippen molar-refractivity contribution in [1.82, 2.24) is 0 Å². The van der Waals surface area contributed by atoms with Gasteiger partial charge in [-0.05, 0) is 47.6 Å². The number of carbonyl (C=O) groups excluding carboxylic acids is 1. The van der Waals surface area contributed by atoms with Crippen LogP contribution < -0.4 is 4.90 Å². The van der Waals surface area contributed by atoms with Gasteiger partial charge in [0, 0.05) is 24.2 Å². The van der Waals surface area contributed by atoms with Gasteiger partial charge in [-0.3, -0.25) is 14.9 Å². The second kappa shape index (κ2) is 7.32. The molecule has 0 radical (unpaired) electrons. The number of hydrogen-bond donors (Lipinski definition) is 0. The average molecular weight is 386 g/mol. The summed E-state index contributed by atoms with van der Waals surface area (Å²) < 4.78 is 0.447. The standard InChI is InChI=1S/C19H18N2O3S2/c22-18(14-2-4-15(5-3-14)19-25-10-1-11-26-19)20-9-8-13-6-7-16(21(23)24)12-17(13)20/h2-7,12,19H,1,8-11H2. The van der Waals surface area contributed by atoms with Crippen molar-refractivity contribution in [2.45, 2.75) is 17.4 Å². The number of nitro groups is 1. The molecule has 2 aliphatic heterocycles. The second-order valence-corrected chi connectivity index (χ2v) is 9.05. The number of nitro benzene ring substituents is 1. The van der Waals surface area contributed by atoms with Crippen LogP contribution >= 0.6 is 23.5 Å². The van der Waals surface area contributed by atoms with E-state index in [9.17, 15) is 14.9 Å². The Morgan fingerprint density at radius 1 is 1.12 bits per heavy atom. The van der Waals surface area contributed by atoms with Crippen molar-refractivity contribution in [1.29, 1.82) is 0 Å². The molecule has 0 unspecified atom stereocenters. The smallest absolute Gasteiger partial charge is 0.271 e. The molecule has 0 saturated carbocycles. The van der Waals surface area contributed by atoms with Gasteiger partial charge in [-0.1, -0.05) is 18.2 Å². The molecule has 0 aromatic heterocycles. The Kier molecular flexibility index (Phi) is 4.91. The third kappa shape index (κ3) is 3.33. The minimum atomic E-state index is -0.421. The normalized spacial score (nSPS) is 17.2. The molecule has 0 spiro atoms. The first-order valence-electron chi connectivity index (χ1n) is 8.56. The lowest BCUT2D eigenvalue weighted by atomic mass is 10.1. The molecule has 26 heavy (non-hydrogen) atoms. The third-order valence-electron chi connectivity index (χ3n) is 4.68. The SMILES string of the molecule is O=C(c1ccc(C2SCCCS2)cc1)N1CCc2ccc([N+](=O)[O-])cc21. The van der Waals surface area contributed by atoms with Gasteiger partial charge < -0.3 is 4.90 Å². The number of carbonyl (C=O) groups is 1. The molecule has 134 valence electrons. The Hall–Kier alpha value is -1.99. The molecule has 2 aromatic carbocycles. The first-order valence-corrected chi connectivity index (χ1v) is 10.7. The van der Waals surface area contributed by atoms with E-state index < -0.39 is 4.92 Å². The molecule has 2 aliphatic rings. The summed E-state index contributed by atoms with van der Waals surface area (Å²) in [5, 5.41) is 11.0. The van der Waals surface area contributed by atoms with Crippen LogP contribution in [0.3, 0.4) is 0 Å². The fourth-order valence-electron chi connectivity index (χ4n) is 3.31. The van der Waals surface area contributed by atoms with Gasteiger partial charge in [0.25, 0.3) is 11.6 Å². The summed E-state index contributed by atoms with van der Waals surface area (Å²) in [7, 11) is 0. The summed E-state index contributed by atoms with van der Waals surface area (Å²) in [6, 6.07) is 12.6. The predicted molar refractivity (Wildman–Crippen MR) is 107 cm³/mol. The number of rotatable bonds is 3. The highest BCUT2D eigenvalue weighted by Gasteiger charge is 2.27. The van der Waals surface area contributed by atoms with Gasteiger partial charge in [-0.15, -0.1) is 23.5 Å². The number of anilines is 1. The molecule has 1 saturated heterocycles. The van der Waals surface area contributed by atoms with Crippen molar-refractivity contribution in [3.05, 3.63) is 69.3 Å². The van der Waals surface area contributed by atoms with E-state index in [1.165, 1.54) is 35.6 Å². The summed E-state index contributed by atoms with van der Waals surface area (Å²) in [6.07, 6.45) is 1.98. The summed E-state index contributed by atoms with van der Waals surface area (Å²) in [4.78, 5) is 25.2. The lowest BCUT2D eigenvalue weighted by molar-refractivity contribution is -0.384. The number of amides is 1. The van der Waals surface area contributed by atoms with Crippen LogP contribution in [0.2, 0.25) is 0 Å². The van der Waals surface area contributed by atoms with E-state index >= 15 is 0 Å². The molecule has 7 heteroatoms. The summed E-state index contributed by atoms with van der Waals surface area (Å²) >= 11 is 3.91. The molecule has 4 rings (SSSR count). The Balaban J connectivity index is 1.55. The molecule has 2 aromatic rings. The molecule has 0 atom stereocenters. The maximum absolute atomic E-state index is 12.9. The zero-order valence-corrected chi connectivity index (χ0v) is 15.7. The van der Waals surface area contributed by atoms with Gasteiger partial charge in [0.2, 0.25) is 0 Å². The first-order chi connectivity index (χ1) is 12.6. The van der Waals surface area contributed by atoms with E-state index in [0.29, 0.717) is 22.4 Å². The van der Waals surface area contributed by atoms with Gasteiger partial charge in [0.15, 0.2) is 0 Å². The van der Waals surface area contributed by atoms with E-state index in [1.54, 1.807) is 11.0 Å². The second-order valence-electron chi connectivity index (χ2n) is 6.33. The largest absolute Gasteiger partial charge is 0.308 e. The minimum absolute atomic E-state index is 0.0187.